The summed E-state index contributed by atoms with van der Waals surface area (Å²) in [5.41, 5.74) is 0.380. The Morgan fingerprint density at radius 1 is 1.17 bits per heavy atom. The zero-order valence-electron chi connectivity index (χ0n) is 9.12. The molecule has 0 radical (unpaired) electrons. The van der Waals surface area contributed by atoms with Crippen molar-refractivity contribution in [1.29, 1.82) is 0 Å². The molecule has 0 amide bonds. The molecule has 0 aliphatic carbocycles. The molecular formula is C12H8N2O4. The van der Waals surface area contributed by atoms with E-state index in [2.05, 4.69) is 4.98 Å². The number of hydrogen-bond donors (Lipinski definition) is 1. The van der Waals surface area contributed by atoms with Gasteiger partial charge in [-0.05, 0) is 17.7 Å². The Morgan fingerprint density at radius 2 is 1.83 bits per heavy atom. The van der Waals surface area contributed by atoms with E-state index < -0.39 is 10.4 Å². The monoisotopic (exact) mass is 244 g/mol. The van der Waals surface area contributed by atoms with Gasteiger partial charge < -0.3 is 4.98 Å². The van der Waals surface area contributed by atoms with Crippen LogP contribution in [-0.4, -0.2) is 16.2 Å². The minimum absolute atomic E-state index is 0.0193. The quantitative estimate of drug-likeness (QED) is 0.505. The van der Waals surface area contributed by atoms with Crippen LogP contribution in [0, 0.1) is 10.1 Å². The first-order valence-corrected chi connectivity index (χ1v) is 5.04. The maximum atomic E-state index is 11.8. The number of nitro benzene ring substituents is 1. The number of H-pyrrole nitrogens is 1. The number of nitrogens with one attached hydrogen (secondary N) is 1. The van der Waals surface area contributed by atoms with Gasteiger partial charge in [0, 0.05) is 30.1 Å². The minimum atomic E-state index is -0.518. The highest BCUT2D eigenvalue weighted by Gasteiger charge is 2.09. The normalized spacial score (nSPS) is 10.0. The van der Waals surface area contributed by atoms with E-state index in [0.29, 0.717) is 17.4 Å². The summed E-state index contributed by atoms with van der Waals surface area (Å²) in [7, 11) is 0. The first-order chi connectivity index (χ1) is 8.63. The van der Waals surface area contributed by atoms with Crippen LogP contribution in [0.4, 0.5) is 5.69 Å². The summed E-state index contributed by atoms with van der Waals surface area (Å²) in [6, 6.07) is 5.55. The molecule has 0 atom stereocenters. The third-order valence-corrected chi connectivity index (χ3v) is 2.49. The maximum Gasteiger partial charge on any atom is 0.269 e. The summed E-state index contributed by atoms with van der Waals surface area (Å²) in [4.78, 5) is 35.2. The highest BCUT2D eigenvalue weighted by Crippen LogP contribution is 2.19. The van der Waals surface area contributed by atoms with Gasteiger partial charge in [-0.3, -0.25) is 19.7 Å². The predicted octanol–water partition coefficient (Wildman–Crippen LogP) is 1.76. The molecule has 0 saturated heterocycles. The topological polar surface area (TPSA) is 93.1 Å². The number of non-ortho nitro benzene ring substituents is 1. The van der Waals surface area contributed by atoms with E-state index in [-0.39, 0.29) is 11.3 Å². The third kappa shape index (κ3) is 2.03. The van der Waals surface area contributed by atoms with Crippen LogP contribution in [0.2, 0.25) is 0 Å². The molecule has 0 aliphatic heterocycles. The standard InChI is InChI=1S/C12H8N2O4/c15-7-9-5-13-6-11(12(9)16)8-1-3-10(4-2-8)14(17)18/h1-7H,(H,13,16). The van der Waals surface area contributed by atoms with Crippen LogP contribution in [0.15, 0.2) is 41.5 Å². The summed E-state index contributed by atoms with van der Waals surface area (Å²) in [6.45, 7) is 0. The van der Waals surface area contributed by atoms with Gasteiger partial charge in [-0.25, -0.2) is 0 Å². The van der Waals surface area contributed by atoms with Gasteiger partial charge in [0.1, 0.15) is 0 Å². The van der Waals surface area contributed by atoms with E-state index in [1.54, 1.807) is 0 Å². The Morgan fingerprint density at radius 3 is 2.39 bits per heavy atom. The maximum absolute atomic E-state index is 11.8. The van der Waals surface area contributed by atoms with E-state index in [0.717, 1.165) is 0 Å². The van der Waals surface area contributed by atoms with E-state index in [1.165, 1.54) is 36.7 Å². The van der Waals surface area contributed by atoms with Crippen LogP contribution < -0.4 is 5.43 Å². The number of carbonyl (C=O) groups is 1. The second-order valence-electron chi connectivity index (χ2n) is 3.58. The third-order valence-electron chi connectivity index (χ3n) is 2.49. The van der Waals surface area contributed by atoms with Gasteiger partial charge in [-0.2, -0.15) is 0 Å². The molecule has 1 aromatic heterocycles. The number of carbonyl (C=O) groups excluding carboxylic acids is 1. The van der Waals surface area contributed by atoms with Crippen molar-refractivity contribution < 1.29 is 9.72 Å². The SMILES string of the molecule is O=Cc1c[nH]cc(-c2ccc([N+](=O)[O-])cc2)c1=O. The molecule has 0 bridgehead atoms. The Bertz CT molecular complexity index is 659. The van der Waals surface area contributed by atoms with Gasteiger partial charge in [0.15, 0.2) is 11.7 Å². The Balaban J connectivity index is 2.52. The van der Waals surface area contributed by atoms with Crippen LogP contribution in [-0.2, 0) is 0 Å². The molecule has 0 fully saturated rings. The number of aromatic nitrogens is 1. The number of aldehydes is 1. The molecule has 6 nitrogen and oxygen atoms in total. The molecule has 0 spiro atoms. The molecule has 6 heteroatoms. The van der Waals surface area contributed by atoms with Crippen molar-refractivity contribution in [2.24, 2.45) is 0 Å². The van der Waals surface area contributed by atoms with Crippen LogP contribution in [0.1, 0.15) is 10.4 Å². The average molecular weight is 244 g/mol. The summed E-state index contributed by atoms with van der Waals surface area (Å²) in [5.74, 6) is 0. The highest BCUT2D eigenvalue weighted by atomic mass is 16.6. The molecule has 2 rings (SSSR count). The van der Waals surface area contributed by atoms with Crippen molar-refractivity contribution in [1.82, 2.24) is 4.98 Å². The molecule has 90 valence electrons. The van der Waals surface area contributed by atoms with Crippen molar-refractivity contribution in [3.05, 3.63) is 62.6 Å². The molecule has 1 heterocycles. The number of pyridine rings is 1. The lowest BCUT2D eigenvalue weighted by Gasteiger charge is -2.01. The zero-order chi connectivity index (χ0) is 13.1. The van der Waals surface area contributed by atoms with Crippen molar-refractivity contribution in [2.75, 3.05) is 0 Å². The van der Waals surface area contributed by atoms with Crippen molar-refractivity contribution in [3.8, 4) is 11.1 Å². The summed E-state index contributed by atoms with van der Waals surface area (Å²) < 4.78 is 0. The van der Waals surface area contributed by atoms with Crippen LogP contribution in [0.5, 0.6) is 0 Å². The lowest BCUT2D eigenvalue weighted by molar-refractivity contribution is -0.384. The second kappa shape index (κ2) is 4.62. The van der Waals surface area contributed by atoms with Gasteiger partial charge >= 0.3 is 0 Å². The number of hydrogen-bond acceptors (Lipinski definition) is 4. The Hall–Kier alpha value is -2.76. The largest absolute Gasteiger partial charge is 0.366 e. The summed E-state index contributed by atoms with van der Waals surface area (Å²) in [5, 5.41) is 10.5. The van der Waals surface area contributed by atoms with Crippen molar-refractivity contribution in [3.63, 3.8) is 0 Å². The van der Waals surface area contributed by atoms with Gasteiger partial charge in [-0.15, -0.1) is 0 Å². The number of nitrogens with zero attached hydrogens (tertiary/aromatic N) is 1. The van der Waals surface area contributed by atoms with Crippen molar-refractivity contribution in [2.45, 2.75) is 0 Å². The number of aromatic amines is 1. The van der Waals surface area contributed by atoms with Crippen molar-refractivity contribution >= 4 is 12.0 Å². The smallest absolute Gasteiger partial charge is 0.269 e. The van der Waals surface area contributed by atoms with Crippen LogP contribution in [0.25, 0.3) is 11.1 Å². The Labute approximate surface area is 101 Å². The highest BCUT2D eigenvalue weighted by molar-refractivity contribution is 5.77. The molecule has 2 aromatic rings. The fourth-order valence-corrected chi connectivity index (χ4v) is 1.57. The molecule has 1 aromatic carbocycles. The van der Waals surface area contributed by atoms with E-state index in [4.69, 9.17) is 0 Å². The summed E-state index contributed by atoms with van der Waals surface area (Å²) >= 11 is 0. The van der Waals surface area contributed by atoms with Gasteiger partial charge in [0.25, 0.3) is 5.69 Å². The molecule has 1 N–H and O–H groups in total. The first-order valence-electron chi connectivity index (χ1n) is 5.04. The number of benzene rings is 1. The van der Waals surface area contributed by atoms with Crippen LogP contribution >= 0.6 is 0 Å². The number of nitro groups is 1. The van der Waals surface area contributed by atoms with Gasteiger partial charge in [0.2, 0.25) is 0 Å². The first kappa shape index (κ1) is 11.7. The minimum Gasteiger partial charge on any atom is -0.366 e. The van der Waals surface area contributed by atoms with Gasteiger partial charge in [-0.1, -0.05) is 0 Å². The lowest BCUT2D eigenvalue weighted by Crippen LogP contribution is -2.10. The molecular weight excluding hydrogens is 236 g/mol. The van der Waals surface area contributed by atoms with E-state index >= 15 is 0 Å². The molecule has 0 unspecified atom stereocenters. The Kier molecular flexibility index (Phi) is 3.01. The molecule has 0 aliphatic rings. The summed E-state index contributed by atoms with van der Waals surface area (Å²) in [6.07, 6.45) is 3.23. The predicted molar refractivity (Wildman–Crippen MR) is 64.5 cm³/mol. The molecule has 18 heavy (non-hydrogen) atoms. The lowest BCUT2D eigenvalue weighted by atomic mass is 10.1. The molecule has 0 saturated carbocycles. The van der Waals surface area contributed by atoms with E-state index in [9.17, 15) is 19.7 Å². The van der Waals surface area contributed by atoms with Gasteiger partial charge in [0.05, 0.1) is 10.5 Å². The van der Waals surface area contributed by atoms with Crippen LogP contribution in [0.3, 0.4) is 0 Å². The van der Waals surface area contributed by atoms with E-state index in [1.807, 2.05) is 0 Å². The zero-order valence-corrected chi connectivity index (χ0v) is 9.12. The fourth-order valence-electron chi connectivity index (χ4n) is 1.57. The average Bonchev–Trinajstić information content (AvgIpc) is 2.39. The number of rotatable bonds is 3. The second-order valence-corrected chi connectivity index (χ2v) is 3.58. The fraction of sp³-hybridized carbons (Fsp3) is 0.